The maximum atomic E-state index is 5.85. The van der Waals surface area contributed by atoms with Crippen LogP contribution in [0.25, 0.3) is 10.9 Å². The van der Waals surface area contributed by atoms with E-state index in [1.807, 2.05) is 24.3 Å². The SMILES string of the molecule is CCCNc1ccc2cc(N)c(OC)cc2n1. The molecule has 0 aliphatic rings. The van der Waals surface area contributed by atoms with Gasteiger partial charge in [-0.1, -0.05) is 6.92 Å². The first-order chi connectivity index (χ1) is 8.24. The van der Waals surface area contributed by atoms with Crippen molar-refractivity contribution < 1.29 is 4.74 Å². The van der Waals surface area contributed by atoms with E-state index >= 15 is 0 Å². The molecule has 1 aromatic heterocycles. The maximum Gasteiger partial charge on any atom is 0.143 e. The third-order valence-electron chi connectivity index (χ3n) is 2.60. The molecule has 0 saturated carbocycles. The molecule has 4 nitrogen and oxygen atoms in total. The van der Waals surface area contributed by atoms with Crippen molar-refractivity contribution in [1.82, 2.24) is 4.98 Å². The monoisotopic (exact) mass is 231 g/mol. The molecule has 1 heterocycles. The van der Waals surface area contributed by atoms with Crippen LogP contribution in [-0.4, -0.2) is 18.6 Å². The lowest BCUT2D eigenvalue weighted by molar-refractivity contribution is 0.417. The van der Waals surface area contributed by atoms with Crippen molar-refractivity contribution in [2.45, 2.75) is 13.3 Å². The van der Waals surface area contributed by atoms with Gasteiger partial charge < -0.3 is 15.8 Å². The number of nitrogens with two attached hydrogens (primary N) is 1. The minimum atomic E-state index is 0.635. The van der Waals surface area contributed by atoms with E-state index < -0.39 is 0 Å². The van der Waals surface area contributed by atoms with Gasteiger partial charge in [0.05, 0.1) is 18.3 Å². The van der Waals surface area contributed by atoms with Crippen LogP contribution < -0.4 is 15.8 Å². The molecule has 2 rings (SSSR count). The van der Waals surface area contributed by atoms with E-state index in [4.69, 9.17) is 10.5 Å². The summed E-state index contributed by atoms with van der Waals surface area (Å²) in [4.78, 5) is 4.52. The molecule has 0 spiro atoms. The topological polar surface area (TPSA) is 60.2 Å². The highest BCUT2D eigenvalue weighted by atomic mass is 16.5. The summed E-state index contributed by atoms with van der Waals surface area (Å²) >= 11 is 0. The number of pyridine rings is 1. The number of fused-ring (bicyclic) bond motifs is 1. The number of hydrogen-bond acceptors (Lipinski definition) is 4. The van der Waals surface area contributed by atoms with E-state index in [9.17, 15) is 0 Å². The average Bonchev–Trinajstić information content (AvgIpc) is 2.35. The van der Waals surface area contributed by atoms with Gasteiger partial charge in [0, 0.05) is 18.0 Å². The molecule has 90 valence electrons. The number of methoxy groups -OCH3 is 1. The quantitative estimate of drug-likeness (QED) is 0.794. The van der Waals surface area contributed by atoms with Crippen LogP contribution in [0.5, 0.6) is 5.75 Å². The molecule has 4 heteroatoms. The second kappa shape index (κ2) is 4.91. The summed E-state index contributed by atoms with van der Waals surface area (Å²) in [6, 6.07) is 7.71. The van der Waals surface area contributed by atoms with E-state index in [2.05, 4.69) is 17.2 Å². The lowest BCUT2D eigenvalue weighted by Gasteiger charge is -2.08. The molecule has 3 N–H and O–H groups in total. The number of ether oxygens (including phenoxy) is 1. The van der Waals surface area contributed by atoms with E-state index in [0.29, 0.717) is 11.4 Å². The molecule has 1 aromatic carbocycles. The highest BCUT2D eigenvalue weighted by molar-refractivity contribution is 5.86. The summed E-state index contributed by atoms with van der Waals surface area (Å²) in [5, 5.41) is 4.27. The van der Waals surface area contributed by atoms with Crippen LogP contribution >= 0.6 is 0 Å². The Morgan fingerprint density at radius 2 is 2.18 bits per heavy atom. The van der Waals surface area contributed by atoms with Crippen molar-refractivity contribution in [3.8, 4) is 5.75 Å². The summed E-state index contributed by atoms with van der Waals surface area (Å²) in [5.41, 5.74) is 7.37. The molecule has 0 aliphatic heterocycles. The lowest BCUT2D eigenvalue weighted by atomic mass is 10.2. The van der Waals surface area contributed by atoms with Crippen molar-refractivity contribution in [3.63, 3.8) is 0 Å². The Morgan fingerprint density at radius 1 is 1.35 bits per heavy atom. The summed E-state index contributed by atoms with van der Waals surface area (Å²) in [6.45, 7) is 3.04. The Bertz CT molecular complexity index is 525. The first-order valence-electron chi connectivity index (χ1n) is 5.72. The number of benzene rings is 1. The number of nitrogens with one attached hydrogen (secondary N) is 1. The normalized spacial score (nSPS) is 10.5. The molecule has 0 bridgehead atoms. The lowest BCUT2D eigenvalue weighted by Crippen LogP contribution is -2.01. The zero-order valence-electron chi connectivity index (χ0n) is 10.2. The second-order valence-corrected chi connectivity index (χ2v) is 3.91. The van der Waals surface area contributed by atoms with Crippen LogP contribution in [0.15, 0.2) is 24.3 Å². The fourth-order valence-electron chi connectivity index (χ4n) is 1.70. The fraction of sp³-hybridized carbons (Fsp3) is 0.308. The number of rotatable bonds is 4. The van der Waals surface area contributed by atoms with Crippen molar-refractivity contribution in [1.29, 1.82) is 0 Å². The number of anilines is 2. The van der Waals surface area contributed by atoms with Gasteiger partial charge >= 0.3 is 0 Å². The number of hydrogen-bond donors (Lipinski definition) is 2. The highest BCUT2D eigenvalue weighted by Crippen LogP contribution is 2.27. The minimum absolute atomic E-state index is 0.635. The van der Waals surface area contributed by atoms with E-state index in [1.165, 1.54) is 0 Å². The van der Waals surface area contributed by atoms with E-state index in [1.54, 1.807) is 7.11 Å². The molecule has 17 heavy (non-hydrogen) atoms. The molecular weight excluding hydrogens is 214 g/mol. The number of nitrogen functional groups attached to an aromatic ring is 1. The van der Waals surface area contributed by atoms with Crippen LogP contribution in [0.2, 0.25) is 0 Å². The summed E-state index contributed by atoms with van der Waals surface area (Å²) in [5.74, 6) is 1.55. The predicted octanol–water partition coefficient (Wildman–Crippen LogP) is 2.65. The zero-order valence-corrected chi connectivity index (χ0v) is 10.2. The molecule has 0 saturated heterocycles. The maximum absolute atomic E-state index is 5.85. The van der Waals surface area contributed by atoms with Crippen LogP contribution in [-0.2, 0) is 0 Å². The Balaban J connectivity index is 2.41. The minimum Gasteiger partial charge on any atom is -0.495 e. The highest BCUT2D eigenvalue weighted by Gasteiger charge is 2.04. The van der Waals surface area contributed by atoms with Gasteiger partial charge in [-0.25, -0.2) is 4.98 Å². The van der Waals surface area contributed by atoms with Crippen molar-refractivity contribution in [2.24, 2.45) is 0 Å². The first kappa shape index (κ1) is 11.5. The molecule has 0 fully saturated rings. The molecule has 0 unspecified atom stereocenters. The summed E-state index contributed by atoms with van der Waals surface area (Å²) in [6.07, 6.45) is 1.07. The van der Waals surface area contributed by atoms with Gasteiger partial charge in [-0.2, -0.15) is 0 Å². The standard InChI is InChI=1S/C13H17N3O/c1-3-6-15-13-5-4-9-7-10(14)12(17-2)8-11(9)16-13/h4-5,7-8H,3,6,14H2,1-2H3,(H,15,16). The third-order valence-corrected chi connectivity index (χ3v) is 2.60. The van der Waals surface area contributed by atoms with Gasteiger partial charge in [0.2, 0.25) is 0 Å². The van der Waals surface area contributed by atoms with Gasteiger partial charge in [0.15, 0.2) is 0 Å². The molecular formula is C13H17N3O. The van der Waals surface area contributed by atoms with Gasteiger partial charge in [-0.3, -0.25) is 0 Å². The van der Waals surface area contributed by atoms with Crippen LogP contribution in [0.4, 0.5) is 11.5 Å². The predicted molar refractivity (Wildman–Crippen MR) is 71.5 cm³/mol. The van der Waals surface area contributed by atoms with Crippen LogP contribution in [0.3, 0.4) is 0 Å². The van der Waals surface area contributed by atoms with Crippen LogP contribution in [0.1, 0.15) is 13.3 Å². The Hall–Kier alpha value is -1.97. The number of nitrogens with zero attached hydrogens (tertiary/aromatic N) is 1. The van der Waals surface area contributed by atoms with Gasteiger partial charge in [-0.05, 0) is 24.6 Å². The largest absolute Gasteiger partial charge is 0.495 e. The fourth-order valence-corrected chi connectivity index (χ4v) is 1.70. The second-order valence-electron chi connectivity index (χ2n) is 3.91. The Kier molecular flexibility index (Phi) is 3.32. The van der Waals surface area contributed by atoms with Gasteiger partial charge in [0.1, 0.15) is 11.6 Å². The molecule has 2 aromatic rings. The van der Waals surface area contributed by atoms with E-state index in [0.717, 1.165) is 29.7 Å². The van der Waals surface area contributed by atoms with Crippen molar-refractivity contribution in [2.75, 3.05) is 24.7 Å². The summed E-state index contributed by atoms with van der Waals surface area (Å²) in [7, 11) is 1.61. The van der Waals surface area contributed by atoms with E-state index in [-0.39, 0.29) is 0 Å². The zero-order chi connectivity index (χ0) is 12.3. The van der Waals surface area contributed by atoms with Crippen molar-refractivity contribution in [3.05, 3.63) is 24.3 Å². The Morgan fingerprint density at radius 3 is 2.88 bits per heavy atom. The molecule has 0 aliphatic carbocycles. The third kappa shape index (κ3) is 2.41. The van der Waals surface area contributed by atoms with Crippen LogP contribution in [0, 0.1) is 0 Å². The molecule has 0 amide bonds. The first-order valence-corrected chi connectivity index (χ1v) is 5.72. The summed E-state index contributed by atoms with van der Waals surface area (Å²) < 4.78 is 5.19. The smallest absolute Gasteiger partial charge is 0.143 e. The molecule has 0 atom stereocenters. The Labute approximate surface area is 101 Å². The number of aromatic nitrogens is 1. The van der Waals surface area contributed by atoms with Crippen molar-refractivity contribution >= 4 is 22.4 Å². The van der Waals surface area contributed by atoms with Gasteiger partial charge in [-0.15, -0.1) is 0 Å². The molecule has 0 radical (unpaired) electrons. The van der Waals surface area contributed by atoms with Gasteiger partial charge in [0.25, 0.3) is 0 Å². The average molecular weight is 231 g/mol.